The van der Waals surface area contributed by atoms with Crippen LogP contribution in [0, 0.1) is 41.2 Å². The Bertz CT molecular complexity index is 1310. The van der Waals surface area contributed by atoms with Crippen LogP contribution in [0.25, 0.3) is 0 Å². The summed E-state index contributed by atoms with van der Waals surface area (Å²) in [6.07, 6.45) is 5.06. The summed E-state index contributed by atoms with van der Waals surface area (Å²) in [5.74, 6) is -1.48. The highest BCUT2D eigenvalue weighted by atomic mass is 19.1. The van der Waals surface area contributed by atoms with Crippen molar-refractivity contribution in [1.29, 1.82) is 0 Å². The first-order valence-corrected chi connectivity index (χ1v) is 15.3. The second-order valence-corrected chi connectivity index (χ2v) is 14.1. The van der Waals surface area contributed by atoms with E-state index in [1.54, 1.807) is 0 Å². The second-order valence-electron chi connectivity index (χ2n) is 14.1. The van der Waals surface area contributed by atoms with Gasteiger partial charge < -0.3 is 15.7 Å². The number of halogens is 2. The molecule has 4 bridgehead atoms. The lowest BCUT2D eigenvalue weighted by Gasteiger charge is -2.41. The molecule has 2 aromatic carbocycles. The summed E-state index contributed by atoms with van der Waals surface area (Å²) in [5.41, 5.74) is 2.52. The Kier molecular flexibility index (Phi) is 7.34. The van der Waals surface area contributed by atoms with Gasteiger partial charge in [0.1, 0.15) is 17.4 Å². The minimum atomic E-state index is -1.00. The number of Topliss-reactive ketones (excluding diaryl/α,β-unsaturated/α-hetero) is 1. The molecular weight excluding hydrogens is 522 g/mol. The van der Waals surface area contributed by atoms with Gasteiger partial charge in [-0.05, 0) is 71.8 Å². The lowest BCUT2D eigenvalue weighted by molar-refractivity contribution is -0.130. The molecule has 5 aliphatic rings. The third kappa shape index (κ3) is 5.36. The topological polar surface area (TPSA) is 78.4 Å². The van der Waals surface area contributed by atoms with Crippen LogP contribution in [-0.4, -0.2) is 35.5 Å². The highest BCUT2D eigenvalue weighted by Gasteiger charge is 2.75. The van der Waals surface area contributed by atoms with Crippen molar-refractivity contribution >= 4 is 11.7 Å². The first-order valence-electron chi connectivity index (χ1n) is 15.3. The van der Waals surface area contributed by atoms with Crippen LogP contribution in [0.4, 0.5) is 8.78 Å². The summed E-state index contributed by atoms with van der Waals surface area (Å²) < 4.78 is 28.1. The van der Waals surface area contributed by atoms with Crippen LogP contribution < -0.4 is 10.6 Å². The Balaban J connectivity index is 1.22. The molecule has 5 nitrogen and oxygen atoms in total. The van der Waals surface area contributed by atoms with Crippen LogP contribution in [0.5, 0.6) is 0 Å². The zero-order valence-electron chi connectivity index (χ0n) is 24.3. The molecule has 0 radical (unpaired) electrons. The molecule has 1 amide bonds. The summed E-state index contributed by atoms with van der Waals surface area (Å²) in [7, 11) is 0. The lowest BCUT2D eigenvalue weighted by atomic mass is 9.74. The van der Waals surface area contributed by atoms with E-state index >= 15 is 0 Å². The Morgan fingerprint density at radius 1 is 1.07 bits per heavy atom. The van der Waals surface area contributed by atoms with E-state index in [0.29, 0.717) is 11.5 Å². The number of aliphatic hydroxyl groups is 1. The summed E-state index contributed by atoms with van der Waals surface area (Å²) in [6.45, 7) is 6.81. The maximum Gasteiger partial charge on any atom is 0.224 e. The molecule has 220 valence electrons. The van der Waals surface area contributed by atoms with Gasteiger partial charge in [-0.1, -0.05) is 64.3 Å². The van der Waals surface area contributed by atoms with Gasteiger partial charge in [-0.2, -0.15) is 0 Å². The van der Waals surface area contributed by atoms with Crippen molar-refractivity contribution in [3.05, 3.63) is 70.8 Å². The van der Waals surface area contributed by atoms with E-state index in [1.807, 2.05) is 0 Å². The van der Waals surface area contributed by atoms with E-state index in [4.69, 9.17) is 0 Å². The Hall–Kier alpha value is -2.64. The quantitative estimate of drug-likeness (QED) is 0.392. The van der Waals surface area contributed by atoms with E-state index in [1.165, 1.54) is 29.7 Å². The third-order valence-corrected chi connectivity index (χ3v) is 10.4. The van der Waals surface area contributed by atoms with Crippen LogP contribution in [0.15, 0.2) is 42.5 Å². The Morgan fingerprint density at radius 3 is 2.37 bits per heavy atom. The lowest BCUT2D eigenvalue weighted by Crippen LogP contribution is -2.54. The molecule has 5 fully saturated rings. The molecule has 0 saturated heterocycles. The van der Waals surface area contributed by atoms with Crippen molar-refractivity contribution in [2.75, 3.05) is 6.54 Å². The fraction of sp³-hybridized carbons (Fsp3) is 0.588. The monoisotopic (exact) mass is 564 g/mol. The first-order chi connectivity index (χ1) is 19.5. The van der Waals surface area contributed by atoms with Crippen LogP contribution in [0.1, 0.15) is 76.0 Å². The standard InChI is InChI=1S/C34H42F2N2O3/c1-33(2,3)20-8-7-9-21(15-20)34(10-5-4-6-11-34)37-18-27(39)26(14-19-12-22(35)16-23(36)13-19)38-32(41)30-25-17-24-28(30)29(24)31(25)40/h7-9,12-13,15-16,24-30,37,39H,4-6,10-11,14,17-18H2,1-3H3,(H,38,41). The average Bonchev–Trinajstić information content (AvgIpc) is 3.17. The normalized spacial score (nSPS) is 29.3. The van der Waals surface area contributed by atoms with Gasteiger partial charge in [0.2, 0.25) is 5.91 Å². The van der Waals surface area contributed by atoms with Crippen LogP contribution in [-0.2, 0) is 27.0 Å². The number of nitrogens with one attached hydrogen (secondary N) is 2. The van der Waals surface area contributed by atoms with Crippen LogP contribution in [0.3, 0.4) is 0 Å². The fourth-order valence-corrected chi connectivity index (χ4v) is 8.19. The van der Waals surface area contributed by atoms with E-state index in [9.17, 15) is 23.5 Å². The van der Waals surface area contributed by atoms with E-state index < -0.39 is 23.8 Å². The molecular formula is C34H42F2N2O3. The van der Waals surface area contributed by atoms with Gasteiger partial charge in [-0.15, -0.1) is 0 Å². The smallest absolute Gasteiger partial charge is 0.224 e. The van der Waals surface area contributed by atoms with Crippen molar-refractivity contribution in [2.45, 2.75) is 88.8 Å². The number of carbonyl (C=O) groups excluding carboxylic acids is 2. The van der Waals surface area contributed by atoms with Crippen molar-refractivity contribution < 1.29 is 23.5 Å². The van der Waals surface area contributed by atoms with Gasteiger partial charge in [0.15, 0.2) is 0 Å². The molecule has 41 heavy (non-hydrogen) atoms. The molecule has 7 atom stereocenters. The Morgan fingerprint density at radius 2 is 1.78 bits per heavy atom. The largest absolute Gasteiger partial charge is 0.390 e. The molecule has 0 spiro atoms. The van der Waals surface area contributed by atoms with Gasteiger partial charge in [-0.3, -0.25) is 9.59 Å². The van der Waals surface area contributed by atoms with Crippen molar-refractivity contribution in [1.82, 2.24) is 10.6 Å². The van der Waals surface area contributed by atoms with Crippen LogP contribution >= 0.6 is 0 Å². The van der Waals surface area contributed by atoms with E-state index in [2.05, 4.69) is 55.7 Å². The molecule has 0 heterocycles. The summed E-state index contributed by atoms with van der Waals surface area (Å²) in [6, 6.07) is 11.2. The second kappa shape index (κ2) is 10.6. The summed E-state index contributed by atoms with van der Waals surface area (Å²) >= 11 is 0. The third-order valence-electron chi connectivity index (χ3n) is 10.4. The molecule has 7 heteroatoms. The molecule has 5 aliphatic carbocycles. The van der Waals surface area contributed by atoms with Crippen molar-refractivity contribution in [2.24, 2.45) is 29.6 Å². The van der Waals surface area contributed by atoms with Crippen LogP contribution in [0.2, 0.25) is 0 Å². The number of amides is 1. The number of carbonyl (C=O) groups is 2. The van der Waals surface area contributed by atoms with Gasteiger partial charge in [-0.25, -0.2) is 8.78 Å². The minimum absolute atomic E-state index is 0.00371. The maximum absolute atomic E-state index is 14.1. The number of rotatable bonds is 9. The highest BCUT2D eigenvalue weighted by Crippen LogP contribution is 2.71. The molecule has 7 rings (SSSR count). The maximum atomic E-state index is 14.1. The van der Waals surface area contributed by atoms with Gasteiger partial charge >= 0.3 is 0 Å². The minimum Gasteiger partial charge on any atom is -0.390 e. The van der Waals surface area contributed by atoms with E-state index in [-0.39, 0.29) is 59.3 Å². The predicted octanol–water partition coefficient (Wildman–Crippen LogP) is 5.18. The molecule has 5 saturated carbocycles. The fourth-order valence-electron chi connectivity index (χ4n) is 8.19. The summed E-state index contributed by atoms with van der Waals surface area (Å²) in [5, 5.41) is 18.3. The van der Waals surface area contributed by atoms with Crippen molar-refractivity contribution in [3.63, 3.8) is 0 Å². The first kappa shape index (κ1) is 28.5. The zero-order valence-corrected chi connectivity index (χ0v) is 24.3. The molecule has 2 aromatic rings. The number of benzene rings is 2. The zero-order chi connectivity index (χ0) is 29.1. The SMILES string of the molecule is CC(C)(C)c1cccc(C2(NCC(O)C(Cc3cc(F)cc(F)c3)NC(=O)C3C4CC5C(C4=O)C53)CCCCC2)c1. The van der Waals surface area contributed by atoms with Crippen molar-refractivity contribution in [3.8, 4) is 0 Å². The number of hydrogen-bond acceptors (Lipinski definition) is 4. The number of hydrogen-bond donors (Lipinski definition) is 3. The van der Waals surface area contributed by atoms with Gasteiger partial charge in [0, 0.05) is 30.0 Å². The molecule has 0 aromatic heterocycles. The highest BCUT2D eigenvalue weighted by molar-refractivity contribution is 6.00. The van der Waals surface area contributed by atoms with Gasteiger partial charge in [0.25, 0.3) is 0 Å². The average molecular weight is 565 g/mol. The number of aliphatic hydroxyl groups excluding tert-OH is 1. The molecule has 3 N–H and O–H groups in total. The molecule has 0 aliphatic heterocycles. The summed E-state index contributed by atoms with van der Waals surface area (Å²) in [4.78, 5) is 26.0. The Labute approximate surface area is 241 Å². The predicted molar refractivity (Wildman–Crippen MR) is 153 cm³/mol. The molecule has 7 unspecified atom stereocenters. The van der Waals surface area contributed by atoms with E-state index in [0.717, 1.165) is 38.2 Å². The van der Waals surface area contributed by atoms with Gasteiger partial charge in [0.05, 0.1) is 18.1 Å². The number of ketones is 1.